The van der Waals surface area contributed by atoms with Crippen LogP contribution in [0, 0.1) is 5.92 Å². The Hall–Kier alpha value is -0.0800. The van der Waals surface area contributed by atoms with Gasteiger partial charge < -0.3 is 10.5 Å². The van der Waals surface area contributed by atoms with E-state index in [1.807, 2.05) is 0 Å². The van der Waals surface area contributed by atoms with Gasteiger partial charge in [-0.2, -0.15) is 0 Å². The van der Waals surface area contributed by atoms with Gasteiger partial charge in [-0.3, -0.25) is 0 Å². The second kappa shape index (κ2) is 5.55. The van der Waals surface area contributed by atoms with Crippen LogP contribution in [-0.2, 0) is 4.74 Å². The van der Waals surface area contributed by atoms with E-state index >= 15 is 0 Å². The smallest absolute Gasteiger partial charge is 0.0466 e. The number of rotatable bonds is 7. The molecule has 1 saturated carbocycles. The van der Waals surface area contributed by atoms with Crippen LogP contribution in [0.2, 0.25) is 0 Å². The fourth-order valence-corrected chi connectivity index (χ4v) is 1.43. The summed E-state index contributed by atoms with van der Waals surface area (Å²) in [4.78, 5) is 0. The third-order valence-electron chi connectivity index (χ3n) is 2.40. The second-order valence-corrected chi connectivity index (χ2v) is 3.76. The summed E-state index contributed by atoms with van der Waals surface area (Å²) in [6.45, 7) is 3.93. The zero-order valence-electron chi connectivity index (χ0n) is 8.09. The highest BCUT2D eigenvalue weighted by Crippen LogP contribution is 2.33. The molecule has 0 aromatic heterocycles. The molecule has 0 aliphatic heterocycles. The van der Waals surface area contributed by atoms with Gasteiger partial charge in [-0.15, -0.1) is 0 Å². The molecule has 0 saturated heterocycles. The van der Waals surface area contributed by atoms with E-state index in [0.29, 0.717) is 6.04 Å². The standard InChI is InChI=1S/C10H21NO/c1-2-7-12-8-3-4-10(11)9-5-6-9/h9-10H,2-8,11H2,1H3. The minimum atomic E-state index is 0.454. The zero-order chi connectivity index (χ0) is 8.81. The molecule has 0 aromatic carbocycles. The maximum Gasteiger partial charge on any atom is 0.0466 e. The number of ether oxygens (including phenoxy) is 1. The Kier molecular flexibility index (Phi) is 4.62. The van der Waals surface area contributed by atoms with E-state index in [1.54, 1.807) is 0 Å². The van der Waals surface area contributed by atoms with Crippen molar-refractivity contribution in [3.05, 3.63) is 0 Å². The van der Waals surface area contributed by atoms with Crippen LogP contribution in [0.3, 0.4) is 0 Å². The lowest BCUT2D eigenvalue weighted by molar-refractivity contribution is 0.129. The Balaban J connectivity index is 1.81. The van der Waals surface area contributed by atoms with Crippen molar-refractivity contribution in [2.45, 2.75) is 45.1 Å². The molecule has 0 heterocycles. The van der Waals surface area contributed by atoms with Crippen molar-refractivity contribution < 1.29 is 4.74 Å². The van der Waals surface area contributed by atoms with Crippen molar-refractivity contribution in [2.75, 3.05) is 13.2 Å². The monoisotopic (exact) mass is 171 g/mol. The van der Waals surface area contributed by atoms with Crippen molar-refractivity contribution in [3.63, 3.8) is 0 Å². The Morgan fingerprint density at radius 3 is 2.75 bits per heavy atom. The Bertz CT molecular complexity index is 112. The van der Waals surface area contributed by atoms with E-state index in [2.05, 4.69) is 6.92 Å². The van der Waals surface area contributed by atoms with Crippen LogP contribution in [0.25, 0.3) is 0 Å². The molecule has 0 radical (unpaired) electrons. The molecule has 0 bridgehead atoms. The summed E-state index contributed by atoms with van der Waals surface area (Å²) in [5.74, 6) is 0.844. The second-order valence-electron chi connectivity index (χ2n) is 3.76. The van der Waals surface area contributed by atoms with Gasteiger partial charge in [0, 0.05) is 19.3 Å². The molecule has 2 nitrogen and oxygen atoms in total. The van der Waals surface area contributed by atoms with Crippen LogP contribution in [0.1, 0.15) is 39.0 Å². The van der Waals surface area contributed by atoms with Gasteiger partial charge in [0.2, 0.25) is 0 Å². The third kappa shape index (κ3) is 4.07. The molecule has 1 unspecified atom stereocenters. The van der Waals surface area contributed by atoms with Gasteiger partial charge in [-0.05, 0) is 38.0 Å². The van der Waals surface area contributed by atoms with Crippen molar-refractivity contribution in [3.8, 4) is 0 Å². The number of hydrogen-bond acceptors (Lipinski definition) is 2. The van der Waals surface area contributed by atoms with Crippen LogP contribution in [-0.4, -0.2) is 19.3 Å². The summed E-state index contributed by atoms with van der Waals surface area (Å²) >= 11 is 0. The molecule has 2 N–H and O–H groups in total. The average molecular weight is 171 g/mol. The quantitative estimate of drug-likeness (QED) is 0.594. The lowest BCUT2D eigenvalue weighted by Gasteiger charge is -2.09. The first-order valence-corrected chi connectivity index (χ1v) is 5.18. The van der Waals surface area contributed by atoms with Crippen LogP contribution >= 0.6 is 0 Å². The van der Waals surface area contributed by atoms with E-state index in [4.69, 9.17) is 10.5 Å². The van der Waals surface area contributed by atoms with Crippen molar-refractivity contribution >= 4 is 0 Å². The minimum Gasteiger partial charge on any atom is -0.381 e. The summed E-state index contributed by atoms with van der Waals surface area (Å²) in [6, 6.07) is 0.454. The Morgan fingerprint density at radius 1 is 1.42 bits per heavy atom. The molecular weight excluding hydrogens is 150 g/mol. The molecular formula is C10H21NO. The van der Waals surface area contributed by atoms with Crippen LogP contribution in [0.15, 0.2) is 0 Å². The Morgan fingerprint density at radius 2 is 2.17 bits per heavy atom. The van der Waals surface area contributed by atoms with E-state index in [0.717, 1.165) is 38.4 Å². The first kappa shape index (κ1) is 10.0. The van der Waals surface area contributed by atoms with Gasteiger partial charge in [-0.1, -0.05) is 6.92 Å². The fourth-order valence-electron chi connectivity index (χ4n) is 1.43. The number of hydrogen-bond donors (Lipinski definition) is 1. The first-order chi connectivity index (χ1) is 5.84. The highest BCUT2D eigenvalue weighted by Gasteiger charge is 2.27. The van der Waals surface area contributed by atoms with Gasteiger partial charge in [0.15, 0.2) is 0 Å². The van der Waals surface area contributed by atoms with E-state index in [9.17, 15) is 0 Å². The van der Waals surface area contributed by atoms with Crippen LogP contribution in [0.5, 0.6) is 0 Å². The number of nitrogens with two attached hydrogens (primary N) is 1. The van der Waals surface area contributed by atoms with Crippen molar-refractivity contribution in [2.24, 2.45) is 11.7 Å². The normalized spacial score (nSPS) is 19.5. The molecule has 72 valence electrons. The summed E-state index contributed by atoms with van der Waals surface area (Å²) < 4.78 is 5.38. The first-order valence-electron chi connectivity index (χ1n) is 5.18. The molecule has 1 rings (SSSR count). The summed E-state index contributed by atoms with van der Waals surface area (Å²) in [5, 5.41) is 0. The van der Waals surface area contributed by atoms with Gasteiger partial charge in [0.05, 0.1) is 0 Å². The van der Waals surface area contributed by atoms with Gasteiger partial charge in [0.25, 0.3) is 0 Å². The van der Waals surface area contributed by atoms with Gasteiger partial charge >= 0.3 is 0 Å². The molecule has 0 spiro atoms. The van der Waals surface area contributed by atoms with Gasteiger partial charge in [-0.25, -0.2) is 0 Å². The van der Waals surface area contributed by atoms with Crippen LogP contribution < -0.4 is 5.73 Å². The SMILES string of the molecule is CCCOCCCC(N)C1CC1. The summed E-state index contributed by atoms with van der Waals surface area (Å²) in [6.07, 6.45) is 6.12. The topological polar surface area (TPSA) is 35.2 Å². The lowest BCUT2D eigenvalue weighted by Crippen LogP contribution is -2.22. The summed E-state index contributed by atoms with van der Waals surface area (Å²) in [7, 11) is 0. The van der Waals surface area contributed by atoms with Crippen molar-refractivity contribution in [1.82, 2.24) is 0 Å². The average Bonchev–Trinajstić information content (AvgIpc) is 2.86. The van der Waals surface area contributed by atoms with Gasteiger partial charge in [0.1, 0.15) is 0 Å². The molecule has 1 aliphatic rings. The van der Waals surface area contributed by atoms with E-state index in [-0.39, 0.29) is 0 Å². The minimum absolute atomic E-state index is 0.454. The molecule has 1 atom stereocenters. The van der Waals surface area contributed by atoms with Crippen molar-refractivity contribution in [1.29, 1.82) is 0 Å². The predicted octanol–water partition coefficient (Wildman–Crippen LogP) is 1.93. The maximum absolute atomic E-state index is 5.94. The lowest BCUT2D eigenvalue weighted by atomic mass is 10.1. The zero-order valence-corrected chi connectivity index (χ0v) is 8.09. The summed E-state index contributed by atoms with van der Waals surface area (Å²) in [5.41, 5.74) is 5.94. The van der Waals surface area contributed by atoms with E-state index in [1.165, 1.54) is 12.8 Å². The highest BCUT2D eigenvalue weighted by atomic mass is 16.5. The maximum atomic E-state index is 5.94. The predicted molar refractivity (Wildman–Crippen MR) is 51.0 cm³/mol. The van der Waals surface area contributed by atoms with E-state index < -0.39 is 0 Å². The highest BCUT2D eigenvalue weighted by molar-refractivity contribution is 4.83. The molecule has 12 heavy (non-hydrogen) atoms. The fraction of sp³-hybridized carbons (Fsp3) is 1.00. The largest absolute Gasteiger partial charge is 0.381 e. The molecule has 1 fully saturated rings. The molecule has 0 amide bonds. The molecule has 2 heteroatoms. The molecule has 0 aromatic rings. The molecule has 1 aliphatic carbocycles. The van der Waals surface area contributed by atoms with Crippen LogP contribution in [0.4, 0.5) is 0 Å². The Labute approximate surface area is 75.5 Å². The third-order valence-corrected chi connectivity index (χ3v) is 2.40.